The average Bonchev–Trinajstić information content (AvgIpc) is 2.85. The maximum Gasteiger partial charge on any atom is 0.589 e. The summed E-state index contributed by atoms with van der Waals surface area (Å²) in [5.74, 6) is -1.19. The van der Waals surface area contributed by atoms with Crippen molar-refractivity contribution in [2.45, 2.75) is 154 Å². The molecule has 0 aliphatic rings. The summed E-state index contributed by atoms with van der Waals surface area (Å²) in [5, 5.41) is 19.3. The third-order valence-electron chi connectivity index (χ3n) is 6.45. The second-order valence-corrected chi connectivity index (χ2v) is 12.9. The molecule has 0 bridgehead atoms. The molecule has 0 radical (unpaired) electrons. The summed E-state index contributed by atoms with van der Waals surface area (Å²) in [5.41, 5.74) is -2.90. The minimum atomic E-state index is -3.08. The number of aliphatic carboxylic acids is 1. The molecule has 0 fully saturated rings. The Balaban J connectivity index is 4.79. The zero-order valence-electron chi connectivity index (χ0n) is 23.4. The number of hydrogen-bond donors (Lipinski definition) is 2. The van der Waals surface area contributed by atoms with Gasteiger partial charge in [-0.2, -0.15) is 0 Å². The molecule has 5 unspecified atom stereocenters. The Bertz CT molecular complexity index is 605. The molecule has 36 heavy (non-hydrogen) atoms. The molecule has 7 nitrogen and oxygen atoms in total. The van der Waals surface area contributed by atoms with Crippen LogP contribution < -0.4 is 0 Å². The first-order valence-electron chi connectivity index (χ1n) is 14.3. The quantitative estimate of drug-likeness (QED) is 0.0642. The first kappa shape index (κ1) is 35.6. The number of aliphatic hydroxyl groups is 1. The van der Waals surface area contributed by atoms with Gasteiger partial charge in [0.1, 0.15) is 6.10 Å². The van der Waals surface area contributed by atoms with Crippen LogP contribution >= 0.6 is 8.03 Å². The standard InChI is InChI=1S/C27H53O7PS/c1-5-8-10-12-13-14-15-16-18-20-23-36(32)25(21-19-17-11-9-6-2)24(4)34-35(31)27(30,26(28)29)33-22-7-3/h24-25,30H,5-23H2,1-4H3/p+1. The first-order chi connectivity index (χ1) is 17.2. The van der Waals surface area contributed by atoms with Gasteiger partial charge >= 0.3 is 19.5 Å². The van der Waals surface area contributed by atoms with E-state index in [1.165, 1.54) is 44.9 Å². The maximum atomic E-state index is 13.2. The predicted octanol–water partition coefficient (Wildman–Crippen LogP) is 7.69. The van der Waals surface area contributed by atoms with Crippen molar-refractivity contribution in [3.8, 4) is 0 Å². The van der Waals surface area contributed by atoms with Crippen LogP contribution in [-0.2, 0) is 29.4 Å². The summed E-state index contributed by atoms with van der Waals surface area (Å²) in [4.78, 5) is 11.5. The van der Waals surface area contributed by atoms with Crippen molar-refractivity contribution in [3.05, 3.63) is 0 Å². The Morgan fingerprint density at radius 3 is 1.78 bits per heavy atom. The summed E-state index contributed by atoms with van der Waals surface area (Å²) in [6.45, 7) is 7.74. The molecule has 9 heteroatoms. The lowest BCUT2D eigenvalue weighted by atomic mass is 10.1. The van der Waals surface area contributed by atoms with Crippen LogP contribution in [0.5, 0.6) is 0 Å². The Labute approximate surface area is 223 Å². The van der Waals surface area contributed by atoms with Crippen molar-refractivity contribution in [2.24, 2.45) is 0 Å². The van der Waals surface area contributed by atoms with E-state index in [4.69, 9.17) is 9.26 Å². The molecule has 0 saturated heterocycles. The van der Waals surface area contributed by atoms with Crippen molar-refractivity contribution in [1.82, 2.24) is 0 Å². The molecule has 5 atom stereocenters. The Morgan fingerprint density at radius 1 is 0.833 bits per heavy atom. The van der Waals surface area contributed by atoms with E-state index >= 15 is 0 Å². The normalized spacial score (nSPS) is 16.3. The summed E-state index contributed by atoms with van der Waals surface area (Å²) in [7, 11) is -4.27. The zero-order valence-corrected chi connectivity index (χ0v) is 25.1. The Kier molecular flexibility index (Phi) is 22.3. The molecular formula is C27H54O7PS+. The Hall–Kier alpha value is -0.400. The molecule has 214 valence electrons. The molecule has 0 rings (SSSR count). The van der Waals surface area contributed by atoms with Gasteiger partial charge in [0.15, 0.2) is 0 Å². The summed E-state index contributed by atoms with van der Waals surface area (Å²) in [6, 6.07) is 0. The fraction of sp³-hybridized carbons (Fsp3) is 0.963. The minimum Gasteiger partial charge on any atom is -0.474 e. The lowest BCUT2D eigenvalue weighted by Gasteiger charge is -2.21. The third-order valence-corrected chi connectivity index (χ3v) is 9.77. The van der Waals surface area contributed by atoms with E-state index in [9.17, 15) is 23.8 Å². The molecule has 0 aliphatic carbocycles. The number of ether oxygens (including phenoxy) is 1. The van der Waals surface area contributed by atoms with Gasteiger partial charge in [0.05, 0.1) is 11.9 Å². The number of carboxylic acids is 1. The second kappa shape index (κ2) is 22.6. The van der Waals surface area contributed by atoms with Crippen molar-refractivity contribution >= 4 is 24.8 Å². The lowest BCUT2D eigenvalue weighted by Crippen LogP contribution is -2.40. The van der Waals surface area contributed by atoms with Crippen LogP contribution in [0.15, 0.2) is 0 Å². The SMILES string of the molecule is CCCCCCCCCCCCS(=O)C(CCCCCCC)C(C)O[P+](=O)C(O)(OCCC)C(=O)O. The van der Waals surface area contributed by atoms with Gasteiger partial charge in [0.25, 0.3) is 0 Å². The number of carboxylic acid groups (broad SMARTS) is 1. The molecule has 0 heterocycles. The van der Waals surface area contributed by atoms with Gasteiger partial charge in [-0.15, -0.1) is 4.52 Å². The molecule has 0 amide bonds. The van der Waals surface area contributed by atoms with E-state index in [-0.39, 0.29) is 11.9 Å². The molecule has 0 spiro atoms. The van der Waals surface area contributed by atoms with Crippen LogP contribution in [-0.4, -0.2) is 49.6 Å². The molecular weight excluding hydrogens is 499 g/mol. The van der Waals surface area contributed by atoms with Gasteiger partial charge in [-0.05, 0) is 30.8 Å². The third kappa shape index (κ3) is 15.8. The van der Waals surface area contributed by atoms with Gasteiger partial charge < -0.3 is 10.2 Å². The maximum absolute atomic E-state index is 13.2. The fourth-order valence-corrected chi connectivity index (χ4v) is 6.87. The van der Waals surface area contributed by atoms with E-state index in [2.05, 4.69) is 13.8 Å². The van der Waals surface area contributed by atoms with Crippen LogP contribution in [0.3, 0.4) is 0 Å². The van der Waals surface area contributed by atoms with E-state index in [0.717, 1.165) is 51.4 Å². The van der Waals surface area contributed by atoms with Gasteiger partial charge in [0, 0.05) is 16.6 Å². The van der Waals surface area contributed by atoms with Gasteiger partial charge in [-0.25, -0.2) is 4.79 Å². The van der Waals surface area contributed by atoms with Crippen molar-refractivity contribution in [1.29, 1.82) is 0 Å². The van der Waals surface area contributed by atoms with Crippen molar-refractivity contribution in [2.75, 3.05) is 12.4 Å². The topological polar surface area (TPSA) is 110 Å². The monoisotopic (exact) mass is 553 g/mol. The van der Waals surface area contributed by atoms with Crippen molar-refractivity contribution in [3.63, 3.8) is 0 Å². The second-order valence-electron chi connectivity index (χ2n) is 9.84. The number of unbranched alkanes of at least 4 members (excludes halogenated alkanes) is 13. The highest BCUT2D eigenvalue weighted by Crippen LogP contribution is 2.42. The summed E-state index contributed by atoms with van der Waals surface area (Å²) in [6.07, 6.45) is 17.8. The van der Waals surface area contributed by atoms with Crippen LogP contribution in [0.25, 0.3) is 0 Å². The van der Waals surface area contributed by atoms with Gasteiger partial charge in [0.2, 0.25) is 0 Å². The lowest BCUT2D eigenvalue weighted by molar-refractivity contribution is -0.192. The molecule has 0 saturated carbocycles. The number of carbonyl (C=O) groups is 1. The van der Waals surface area contributed by atoms with Gasteiger partial charge in [-0.1, -0.05) is 111 Å². The molecule has 0 aromatic carbocycles. The largest absolute Gasteiger partial charge is 0.589 e. The van der Waals surface area contributed by atoms with Crippen LogP contribution in [0, 0.1) is 0 Å². The van der Waals surface area contributed by atoms with E-state index in [1.54, 1.807) is 13.8 Å². The zero-order chi connectivity index (χ0) is 27.2. The van der Waals surface area contributed by atoms with Crippen LogP contribution in [0.2, 0.25) is 0 Å². The van der Waals surface area contributed by atoms with E-state index in [0.29, 0.717) is 18.6 Å². The van der Waals surface area contributed by atoms with Crippen molar-refractivity contribution < 1.29 is 33.0 Å². The minimum absolute atomic E-state index is 0.0624. The smallest absolute Gasteiger partial charge is 0.474 e. The van der Waals surface area contributed by atoms with E-state index in [1.807, 2.05) is 0 Å². The van der Waals surface area contributed by atoms with Gasteiger partial charge in [-0.3, -0.25) is 8.95 Å². The van der Waals surface area contributed by atoms with E-state index < -0.39 is 36.4 Å². The fourth-order valence-electron chi connectivity index (χ4n) is 4.14. The molecule has 0 aromatic rings. The highest BCUT2D eigenvalue weighted by Gasteiger charge is 2.61. The molecule has 2 N–H and O–H groups in total. The molecule has 0 aromatic heterocycles. The number of rotatable bonds is 26. The first-order valence-corrected chi connectivity index (χ1v) is 16.9. The van der Waals surface area contributed by atoms with Crippen LogP contribution in [0.4, 0.5) is 0 Å². The highest BCUT2D eigenvalue weighted by atomic mass is 32.2. The number of hydrogen-bond acceptors (Lipinski definition) is 6. The summed E-state index contributed by atoms with van der Waals surface area (Å²) < 4.78 is 36.4. The highest BCUT2D eigenvalue weighted by molar-refractivity contribution is 7.85. The average molecular weight is 554 g/mol. The Morgan fingerprint density at radius 2 is 1.31 bits per heavy atom. The predicted molar refractivity (Wildman–Crippen MR) is 149 cm³/mol. The summed E-state index contributed by atoms with van der Waals surface area (Å²) >= 11 is 0. The van der Waals surface area contributed by atoms with Crippen LogP contribution in [0.1, 0.15) is 137 Å². The molecule has 0 aliphatic heterocycles.